The van der Waals surface area contributed by atoms with Gasteiger partial charge >= 0.3 is 0 Å². The fraction of sp³-hybridized carbons (Fsp3) is 0.500. The lowest BCUT2D eigenvalue weighted by atomic mass is 10.0. The molecule has 2 heterocycles. The monoisotopic (exact) mass is 356 g/mol. The van der Waals surface area contributed by atoms with Crippen LogP contribution in [-0.2, 0) is 0 Å². The zero-order valence-corrected chi connectivity index (χ0v) is 15.6. The third-order valence-corrected chi connectivity index (χ3v) is 4.79. The van der Waals surface area contributed by atoms with Crippen LogP contribution in [0, 0.1) is 0 Å². The molecule has 2 unspecified atom stereocenters. The molecule has 0 radical (unpaired) electrons. The Balaban J connectivity index is 1.71. The predicted molar refractivity (Wildman–Crippen MR) is 101 cm³/mol. The molecule has 2 N–H and O–H groups in total. The molecule has 26 heavy (non-hydrogen) atoms. The highest BCUT2D eigenvalue weighted by molar-refractivity contribution is 5.92. The molecular formula is C20H28N4O2. The van der Waals surface area contributed by atoms with Gasteiger partial charge in [-0.3, -0.25) is 9.48 Å². The van der Waals surface area contributed by atoms with E-state index in [2.05, 4.69) is 22.7 Å². The van der Waals surface area contributed by atoms with Gasteiger partial charge in [-0.2, -0.15) is 5.10 Å². The summed E-state index contributed by atoms with van der Waals surface area (Å²) in [5, 5.41) is 11.0. The Morgan fingerprint density at radius 1 is 1.38 bits per heavy atom. The topological polar surface area (TPSA) is 68.2 Å². The molecule has 0 aliphatic carbocycles. The van der Waals surface area contributed by atoms with Crippen molar-refractivity contribution in [3.8, 4) is 5.75 Å². The summed E-state index contributed by atoms with van der Waals surface area (Å²) in [6.07, 6.45) is 4.91. The van der Waals surface area contributed by atoms with Gasteiger partial charge in [-0.05, 0) is 44.9 Å². The smallest absolute Gasteiger partial charge is 0.272 e. The van der Waals surface area contributed by atoms with E-state index in [4.69, 9.17) is 4.74 Å². The summed E-state index contributed by atoms with van der Waals surface area (Å²) in [5.74, 6) is 0.673. The number of para-hydroxylation sites is 1. The maximum Gasteiger partial charge on any atom is 0.272 e. The van der Waals surface area contributed by atoms with Crippen molar-refractivity contribution in [2.75, 3.05) is 19.7 Å². The van der Waals surface area contributed by atoms with Gasteiger partial charge in [0.15, 0.2) is 0 Å². The second kappa shape index (κ2) is 8.85. The zero-order valence-electron chi connectivity index (χ0n) is 15.6. The van der Waals surface area contributed by atoms with Gasteiger partial charge in [0, 0.05) is 18.3 Å². The van der Waals surface area contributed by atoms with Gasteiger partial charge < -0.3 is 15.4 Å². The largest absolute Gasteiger partial charge is 0.494 e. The standard InChI is InChI=1S/C20H28N4O2/c1-3-17(16-9-5-6-10-19(16)26-4-2)22-20(25)18-11-13-24(23-18)15-8-7-12-21-14-15/h5-6,9-11,13,15,17,21H,3-4,7-8,12,14H2,1-2H3,(H,22,25). The van der Waals surface area contributed by atoms with Crippen LogP contribution in [0.4, 0.5) is 0 Å². The second-order valence-electron chi connectivity index (χ2n) is 6.59. The van der Waals surface area contributed by atoms with E-state index < -0.39 is 0 Å². The van der Waals surface area contributed by atoms with Gasteiger partial charge in [0.2, 0.25) is 0 Å². The summed E-state index contributed by atoms with van der Waals surface area (Å²) in [7, 11) is 0. The third kappa shape index (κ3) is 4.25. The van der Waals surface area contributed by atoms with E-state index in [1.165, 1.54) is 0 Å². The lowest BCUT2D eigenvalue weighted by molar-refractivity contribution is 0.0928. The normalized spacial score (nSPS) is 18.3. The van der Waals surface area contributed by atoms with Crippen LogP contribution in [0.1, 0.15) is 61.2 Å². The van der Waals surface area contributed by atoms with Crippen LogP contribution < -0.4 is 15.4 Å². The van der Waals surface area contributed by atoms with Crippen molar-refractivity contribution >= 4 is 5.91 Å². The molecule has 1 aromatic carbocycles. The van der Waals surface area contributed by atoms with E-state index in [1.54, 1.807) is 6.07 Å². The Morgan fingerprint density at radius 2 is 2.23 bits per heavy atom. The van der Waals surface area contributed by atoms with Crippen molar-refractivity contribution in [1.29, 1.82) is 0 Å². The number of piperidine rings is 1. The first-order chi connectivity index (χ1) is 12.7. The molecule has 1 saturated heterocycles. The molecule has 3 rings (SSSR count). The Hall–Kier alpha value is -2.34. The first kappa shape index (κ1) is 18.5. The van der Waals surface area contributed by atoms with Gasteiger partial charge in [0.05, 0.1) is 18.7 Å². The van der Waals surface area contributed by atoms with Crippen LogP contribution in [0.25, 0.3) is 0 Å². The summed E-state index contributed by atoms with van der Waals surface area (Å²) in [5.41, 5.74) is 1.46. The molecule has 1 aliphatic heterocycles. The molecule has 0 bridgehead atoms. The Morgan fingerprint density at radius 3 is 2.96 bits per heavy atom. The summed E-state index contributed by atoms with van der Waals surface area (Å²) in [6, 6.07) is 9.88. The van der Waals surface area contributed by atoms with Crippen molar-refractivity contribution in [2.45, 2.75) is 45.2 Å². The quantitative estimate of drug-likeness (QED) is 0.800. The van der Waals surface area contributed by atoms with Crippen LogP contribution in [0.5, 0.6) is 5.75 Å². The lowest BCUT2D eigenvalue weighted by Gasteiger charge is -2.23. The van der Waals surface area contributed by atoms with Gasteiger partial charge in [-0.15, -0.1) is 0 Å². The Bertz CT molecular complexity index is 722. The highest BCUT2D eigenvalue weighted by Crippen LogP contribution is 2.27. The van der Waals surface area contributed by atoms with Crippen LogP contribution in [-0.4, -0.2) is 35.4 Å². The number of nitrogens with zero attached hydrogens (tertiary/aromatic N) is 2. The molecule has 1 aliphatic rings. The number of amides is 1. The second-order valence-corrected chi connectivity index (χ2v) is 6.59. The number of carbonyl (C=O) groups excluding carboxylic acids is 1. The first-order valence-corrected chi connectivity index (χ1v) is 9.51. The molecule has 1 amide bonds. The minimum absolute atomic E-state index is 0.105. The van der Waals surface area contributed by atoms with E-state index in [0.29, 0.717) is 18.3 Å². The summed E-state index contributed by atoms with van der Waals surface area (Å²) in [6.45, 7) is 6.58. The maximum atomic E-state index is 12.7. The third-order valence-electron chi connectivity index (χ3n) is 4.79. The SMILES string of the molecule is CCOc1ccccc1C(CC)NC(=O)c1ccn(C2CCCNC2)n1. The molecular weight excluding hydrogens is 328 g/mol. The average Bonchev–Trinajstić information content (AvgIpc) is 3.18. The van der Waals surface area contributed by atoms with Gasteiger partial charge in [-0.1, -0.05) is 25.1 Å². The van der Waals surface area contributed by atoms with Crippen molar-refractivity contribution < 1.29 is 9.53 Å². The van der Waals surface area contributed by atoms with Crippen molar-refractivity contribution in [2.24, 2.45) is 0 Å². The van der Waals surface area contributed by atoms with Gasteiger partial charge in [0.1, 0.15) is 11.4 Å². The van der Waals surface area contributed by atoms with Crippen molar-refractivity contribution in [1.82, 2.24) is 20.4 Å². The Labute approximate surface area is 154 Å². The number of aromatic nitrogens is 2. The highest BCUT2D eigenvalue weighted by atomic mass is 16.5. The predicted octanol–water partition coefficient (Wildman–Crippen LogP) is 3.09. The van der Waals surface area contributed by atoms with Crippen LogP contribution in [0.15, 0.2) is 36.5 Å². The molecule has 6 heteroatoms. The molecule has 0 saturated carbocycles. The number of hydrogen-bond donors (Lipinski definition) is 2. The van der Waals surface area contributed by atoms with E-state index in [1.807, 2.05) is 42.1 Å². The summed E-state index contributed by atoms with van der Waals surface area (Å²) >= 11 is 0. The van der Waals surface area contributed by atoms with Crippen molar-refractivity contribution in [3.05, 3.63) is 47.8 Å². The highest BCUT2D eigenvalue weighted by Gasteiger charge is 2.21. The van der Waals surface area contributed by atoms with Gasteiger partial charge in [0.25, 0.3) is 5.91 Å². The minimum Gasteiger partial charge on any atom is -0.494 e. The van der Waals surface area contributed by atoms with Crippen LogP contribution >= 0.6 is 0 Å². The summed E-state index contributed by atoms with van der Waals surface area (Å²) < 4.78 is 7.63. The number of rotatable bonds is 7. The van der Waals surface area contributed by atoms with Crippen molar-refractivity contribution in [3.63, 3.8) is 0 Å². The number of ether oxygens (including phenoxy) is 1. The lowest BCUT2D eigenvalue weighted by Crippen LogP contribution is -2.32. The van der Waals surface area contributed by atoms with E-state index >= 15 is 0 Å². The Kier molecular flexibility index (Phi) is 6.28. The molecule has 1 aromatic heterocycles. The zero-order chi connectivity index (χ0) is 18.4. The van der Waals surface area contributed by atoms with Crippen LogP contribution in [0.3, 0.4) is 0 Å². The number of nitrogens with one attached hydrogen (secondary N) is 2. The molecule has 6 nitrogen and oxygen atoms in total. The van der Waals surface area contributed by atoms with E-state index in [-0.39, 0.29) is 11.9 Å². The fourth-order valence-electron chi connectivity index (χ4n) is 3.41. The molecule has 2 aromatic rings. The number of carbonyl (C=O) groups is 1. The molecule has 140 valence electrons. The fourth-order valence-corrected chi connectivity index (χ4v) is 3.41. The first-order valence-electron chi connectivity index (χ1n) is 9.51. The molecule has 2 atom stereocenters. The summed E-state index contributed by atoms with van der Waals surface area (Å²) in [4.78, 5) is 12.7. The number of benzene rings is 1. The van der Waals surface area contributed by atoms with Crippen LogP contribution in [0.2, 0.25) is 0 Å². The molecule has 0 spiro atoms. The average molecular weight is 356 g/mol. The minimum atomic E-state index is -0.148. The van der Waals surface area contributed by atoms with E-state index in [9.17, 15) is 4.79 Å². The van der Waals surface area contributed by atoms with Gasteiger partial charge in [-0.25, -0.2) is 0 Å². The van der Waals surface area contributed by atoms with E-state index in [0.717, 1.165) is 43.7 Å². The maximum absolute atomic E-state index is 12.7. The number of hydrogen-bond acceptors (Lipinski definition) is 4. The molecule has 1 fully saturated rings.